The van der Waals surface area contributed by atoms with Crippen molar-refractivity contribution < 1.29 is 9.21 Å². The van der Waals surface area contributed by atoms with Gasteiger partial charge < -0.3 is 24.5 Å². The molecule has 1 aliphatic rings. The maximum absolute atomic E-state index is 12.2. The summed E-state index contributed by atoms with van der Waals surface area (Å²) in [6.07, 6.45) is 6.58. The van der Waals surface area contributed by atoms with Gasteiger partial charge in [-0.05, 0) is 25.0 Å². The second kappa shape index (κ2) is 7.20. The molecule has 2 amide bonds. The van der Waals surface area contributed by atoms with Crippen LogP contribution in [0, 0.1) is 0 Å². The van der Waals surface area contributed by atoms with Gasteiger partial charge in [-0.15, -0.1) is 0 Å². The van der Waals surface area contributed by atoms with E-state index in [1.165, 1.54) is 4.57 Å². The standard InChI is InChI=1S/C16H21N5O3/c1-20-8-6-17-14(15(20)22)21-7-2-4-12(11-21)19-16(23)18-10-13-5-3-9-24-13/h3,5-6,8-9,12H,2,4,7,10-11H2,1H3,(H2,18,19,23)/t12-/m1/s1. The van der Waals surface area contributed by atoms with Gasteiger partial charge in [0, 0.05) is 38.6 Å². The van der Waals surface area contributed by atoms with Crippen LogP contribution in [-0.2, 0) is 13.6 Å². The fraction of sp³-hybridized carbons (Fsp3) is 0.438. The average molecular weight is 331 g/mol. The number of carbonyl (C=O) groups is 1. The third-order valence-electron chi connectivity index (χ3n) is 4.06. The summed E-state index contributed by atoms with van der Waals surface area (Å²) < 4.78 is 6.69. The zero-order chi connectivity index (χ0) is 16.9. The molecule has 8 heteroatoms. The maximum atomic E-state index is 12.2. The second-order valence-corrected chi connectivity index (χ2v) is 5.86. The number of aryl methyl sites for hydroxylation is 1. The van der Waals surface area contributed by atoms with E-state index in [1.54, 1.807) is 37.8 Å². The molecule has 0 spiro atoms. The Kier molecular flexibility index (Phi) is 4.83. The van der Waals surface area contributed by atoms with Crippen molar-refractivity contribution in [2.24, 2.45) is 7.05 Å². The Bertz CT molecular complexity index is 740. The van der Waals surface area contributed by atoms with E-state index in [-0.39, 0.29) is 17.6 Å². The molecule has 0 unspecified atom stereocenters. The third-order valence-corrected chi connectivity index (χ3v) is 4.06. The molecule has 1 saturated heterocycles. The highest BCUT2D eigenvalue weighted by molar-refractivity contribution is 5.74. The van der Waals surface area contributed by atoms with E-state index in [0.29, 0.717) is 24.7 Å². The van der Waals surface area contributed by atoms with Crippen molar-refractivity contribution in [3.05, 3.63) is 46.9 Å². The summed E-state index contributed by atoms with van der Waals surface area (Å²) in [6.45, 7) is 1.68. The number of furan rings is 1. The molecule has 2 aromatic heterocycles. The van der Waals surface area contributed by atoms with Crippen LogP contribution in [0.25, 0.3) is 0 Å². The van der Waals surface area contributed by atoms with Gasteiger partial charge in [0.2, 0.25) is 0 Å². The summed E-state index contributed by atoms with van der Waals surface area (Å²) in [5.41, 5.74) is -0.125. The molecule has 1 atom stereocenters. The van der Waals surface area contributed by atoms with Crippen molar-refractivity contribution in [1.82, 2.24) is 20.2 Å². The lowest BCUT2D eigenvalue weighted by Gasteiger charge is -2.33. The first-order chi connectivity index (χ1) is 11.6. The number of rotatable bonds is 4. The lowest BCUT2D eigenvalue weighted by molar-refractivity contribution is 0.233. The summed E-state index contributed by atoms with van der Waals surface area (Å²) in [5.74, 6) is 1.13. The molecule has 0 aromatic carbocycles. The molecule has 128 valence electrons. The Morgan fingerprint density at radius 2 is 2.38 bits per heavy atom. The van der Waals surface area contributed by atoms with Gasteiger partial charge >= 0.3 is 6.03 Å². The van der Waals surface area contributed by atoms with Gasteiger partial charge in [0.25, 0.3) is 5.56 Å². The van der Waals surface area contributed by atoms with Crippen molar-refractivity contribution >= 4 is 11.8 Å². The number of hydrogen-bond donors (Lipinski definition) is 2. The Morgan fingerprint density at radius 3 is 3.17 bits per heavy atom. The summed E-state index contributed by atoms with van der Waals surface area (Å²) in [7, 11) is 1.70. The van der Waals surface area contributed by atoms with Gasteiger partial charge in [0.15, 0.2) is 5.82 Å². The first kappa shape index (κ1) is 16.1. The fourth-order valence-corrected chi connectivity index (χ4v) is 2.81. The normalized spacial score (nSPS) is 17.5. The van der Waals surface area contributed by atoms with Crippen molar-refractivity contribution in [2.75, 3.05) is 18.0 Å². The summed E-state index contributed by atoms with van der Waals surface area (Å²) >= 11 is 0. The number of nitrogens with one attached hydrogen (secondary N) is 2. The first-order valence-corrected chi connectivity index (χ1v) is 7.97. The minimum absolute atomic E-state index is 0.0259. The van der Waals surface area contributed by atoms with Gasteiger partial charge in [-0.3, -0.25) is 4.79 Å². The van der Waals surface area contributed by atoms with Gasteiger partial charge in [-0.1, -0.05) is 0 Å². The molecular formula is C16H21N5O3. The molecule has 2 N–H and O–H groups in total. The molecule has 1 aliphatic heterocycles. The molecule has 3 heterocycles. The van der Waals surface area contributed by atoms with Crippen LogP contribution in [0.1, 0.15) is 18.6 Å². The zero-order valence-electron chi connectivity index (χ0n) is 13.6. The van der Waals surface area contributed by atoms with E-state index in [1.807, 2.05) is 4.90 Å². The highest BCUT2D eigenvalue weighted by atomic mass is 16.3. The summed E-state index contributed by atoms with van der Waals surface area (Å²) in [4.78, 5) is 30.3. The summed E-state index contributed by atoms with van der Waals surface area (Å²) in [5, 5.41) is 5.71. The molecule has 8 nitrogen and oxygen atoms in total. The van der Waals surface area contributed by atoms with Crippen LogP contribution in [0.4, 0.5) is 10.6 Å². The zero-order valence-corrected chi connectivity index (χ0v) is 13.6. The van der Waals surface area contributed by atoms with Gasteiger partial charge in [-0.25, -0.2) is 9.78 Å². The lowest BCUT2D eigenvalue weighted by atomic mass is 10.1. The van der Waals surface area contributed by atoms with Gasteiger partial charge in [0.1, 0.15) is 5.76 Å². The number of nitrogens with zero attached hydrogens (tertiary/aromatic N) is 3. The van der Waals surface area contributed by atoms with Crippen molar-refractivity contribution in [2.45, 2.75) is 25.4 Å². The summed E-state index contributed by atoms with van der Waals surface area (Å²) in [6, 6.07) is 3.31. The predicted octanol–water partition coefficient (Wildman–Crippen LogP) is 0.841. The third kappa shape index (κ3) is 3.76. The van der Waals surface area contributed by atoms with E-state index >= 15 is 0 Å². The maximum Gasteiger partial charge on any atom is 0.315 e. The number of hydrogen-bond acceptors (Lipinski definition) is 5. The van der Waals surface area contributed by atoms with E-state index in [2.05, 4.69) is 15.6 Å². The molecule has 0 aliphatic carbocycles. The van der Waals surface area contributed by atoms with Crippen LogP contribution in [0.15, 0.2) is 40.0 Å². The second-order valence-electron chi connectivity index (χ2n) is 5.86. The highest BCUT2D eigenvalue weighted by Gasteiger charge is 2.24. The van der Waals surface area contributed by atoms with Crippen LogP contribution in [0.2, 0.25) is 0 Å². The Labute approximate surface area is 139 Å². The number of carbonyl (C=O) groups excluding carboxylic acids is 1. The van der Waals surface area contributed by atoms with E-state index in [9.17, 15) is 9.59 Å². The molecule has 1 fully saturated rings. The van der Waals surface area contributed by atoms with E-state index < -0.39 is 0 Å². The first-order valence-electron chi connectivity index (χ1n) is 7.97. The van der Waals surface area contributed by atoms with Crippen LogP contribution in [-0.4, -0.2) is 34.7 Å². The Morgan fingerprint density at radius 1 is 1.50 bits per heavy atom. The van der Waals surface area contributed by atoms with Crippen molar-refractivity contribution in [3.8, 4) is 0 Å². The fourth-order valence-electron chi connectivity index (χ4n) is 2.81. The van der Waals surface area contributed by atoms with E-state index in [0.717, 1.165) is 19.4 Å². The van der Waals surface area contributed by atoms with E-state index in [4.69, 9.17) is 4.42 Å². The lowest BCUT2D eigenvalue weighted by Crippen LogP contribution is -2.51. The molecule has 0 radical (unpaired) electrons. The number of urea groups is 1. The largest absolute Gasteiger partial charge is 0.467 e. The van der Waals surface area contributed by atoms with Crippen LogP contribution in [0.5, 0.6) is 0 Å². The number of amides is 2. The molecule has 0 bridgehead atoms. The average Bonchev–Trinajstić information content (AvgIpc) is 3.09. The van der Waals surface area contributed by atoms with Crippen LogP contribution in [0.3, 0.4) is 0 Å². The SMILES string of the molecule is Cn1ccnc(N2CCC[C@@H](NC(=O)NCc3ccco3)C2)c1=O. The van der Waals surface area contributed by atoms with Gasteiger partial charge in [0.05, 0.1) is 12.8 Å². The molecule has 3 rings (SSSR count). The minimum Gasteiger partial charge on any atom is -0.467 e. The quantitative estimate of drug-likeness (QED) is 0.866. The number of anilines is 1. The molecular weight excluding hydrogens is 310 g/mol. The smallest absolute Gasteiger partial charge is 0.315 e. The van der Waals surface area contributed by atoms with Crippen molar-refractivity contribution in [1.29, 1.82) is 0 Å². The van der Waals surface area contributed by atoms with Gasteiger partial charge in [-0.2, -0.15) is 0 Å². The van der Waals surface area contributed by atoms with Crippen LogP contribution >= 0.6 is 0 Å². The molecule has 2 aromatic rings. The highest BCUT2D eigenvalue weighted by Crippen LogP contribution is 2.14. The predicted molar refractivity (Wildman–Crippen MR) is 88.8 cm³/mol. The molecule has 24 heavy (non-hydrogen) atoms. The monoisotopic (exact) mass is 331 g/mol. The minimum atomic E-state index is -0.243. The Hall–Kier alpha value is -2.77. The topological polar surface area (TPSA) is 92.4 Å². The number of aromatic nitrogens is 2. The van der Waals surface area contributed by atoms with Crippen molar-refractivity contribution in [3.63, 3.8) is 0 Å². The Balaban J connectivity index is 1.56. The van der Waals surface area contributed by atoms with Crippen LogP contribution < -0.4 is 21.1 Å². The number of piperidine rings is 1. The molecule has 0 saturated carbocycles.